The van der Waals surface area contributed by atoms with Crippen molar-refractivity contribution in [1.82, 2.24) is 15.0 Å². The van der Waals surface area contributed by atoms with Crippen molar-refractivity contribution in [3.8, 4) is 0 Å². The van der Waals surface area contributed by atoms with E-state index in [4.69, 9.17) is 0 Å². The van der Waals surface area contributed by atoms with E-state index in [-0.39, 0.29) is 24.3 Å². The normalized spacial score (nSPS) is 13.7. The minimum absolute atomic E-state index is 0.0317. The molecule has 2 N–H and O–H groups in total. The molecule has 0 atom stereocenters. The van der Waals surface area contributed by atoms with Crippen LogP contribution in [0, 0.1) is 5.92 Å². The Morgan fingerprint density at radius 1 is 1.19 bits per heavy atom. The molecule has 0 radical (unpaired) electrons. The Morgan fingerprint density at radius 2 is 1.95 bits per heavy atom. The topological polar surface area (TPSA) is 88.9 Å². The van der Waals surface area contributed by atoms with E-state index in [1.54, 1.807) is 18.3 Å². The van der Waals surface area contributed by atoms with Crippen LogP contribution in [0.3, 0.4) is 0 Å². The number of anilines is 2. The number of aromatic nitrogens is 3. The summed E-state index contributed by atoms with van der Waals surface area (Å²) >= 11 is 0. The van der Waals surface area contributed by atoms with Crippen molar-refractivity contribution in [3.05, 3.63) is 36.5 Å². The number of para-hydroxylation sites is 1. The maximum atomic E-state index is 11.8. The fourth-order valence-corrected chi connectivity index (χ4v) is 1.88. The molecule has 108 valence electrons. The molecule has 2 amide bonds. The van der Waals surface area contributed by atoms with Gasteiger partial charge in [-0.25, -0.2) is 4.68 Å². The summed E-state index contributed by atoms with van der Waals surface area (Å²) in [4.78, 5) is 23.4. The van der Waals surface area contributed by atoms with Crippen molar-refractivity contribution in [1.29, 1.82) is 0 Å². The zero-order valence-electron chi connectivity index (χ0n) is 11.3. The van der Waals surface area contributed by atoms with Gasteiger partial charge >= 0.3 is 0 Å². The van der Waals surface area contributed by atoms with Crippen LogP contribution in [0.1, 0.15) is 12.8 Å². The molecular weight excluding hydrogens is 270 g/mol. The lowest BCUT2D eigenvalue weighted by atomic mass is 10.3. The summed E-state index contributed by atoms with van der Waals surface area (Å²) in [6, 6.07) is 9.18. The molecule has 1 heterocycles. The van der Waals surface area contributed by atoms with E-state index in [0.29, 0.717) is 5.82 Å². The lowest BCUT2D eigenvalue weighted by Crippen LogP contribution is -2.19. The van der Waals surface area contributed by atoms with E-state index in [1.165, 1.54) is 4.68 Å². The van der Waals surface area contributed by atoms with Crippen molar-refractivity contribution in [2.45, 2.75) is 19.4 Å². The van der Waals surface area contributed by atoms with Crippen molar-refractivity contribution in [3.63, 3.8) is 0 Å². The average molecular weight is 285 g/mol. The highest BCUT2D eigenvalue weighted by Gasteiger charge is 2.30. The molecule has 0 bridgehead atoms. The molecule has 21 heavy (non-hydrogen) atoms. The predicted octanol–water partition coefficient (Wildman–Crippen LogP) is 1.27. The molecule has 1 aromatic carbocycles. The number of amides is 2. The van der Waals surface area contributed by atoms with Gasteiger partial charge in [-0.1, -0.05) is 23.4 Å². The third-order valence-corrected chi connectivity index (χ3v) is 3.10. The zero-order valence-corrected chi connectivity index (χ0v) is 11.3. The van der Waals surface area contributed by atoms with Gasteiger partial charge in [-0.2, -0.15) is 0 Å². The number of hydrogen-bond acceptors (Lipinski definition) is 4. The summed E-state index contributed by atoms with van der Waals surface area (Å²) in [5.74, 6) is 0.248. The van der Waals surface area contributed by atoms with E-state index in [0.717, 1.165) is 18.5 Å². The van der Waals surface area contributed by atoms with Crippen LogP contribution in [0.4, 0.5) is 11.5 Å². The first-order valence-corrected chi connectivity index (χ1v) is 6.76. The number of carbonyl (C=O) groups is 2. The molecule has 1 aliphatic carbocycles. The van der Waals surface area contributed by atoms with Crippen LogP contribution in [-0.2, 0) is 16.1 Å². The predicted molar refractivity (Wildman–Crippen MR) is 76.4 cm³/mol. The van der Waals surface area contributed by atoms with Crippen molar-refractivity contribution < 1.29 is 9.59 Å². The van der Waals surface area contributed by atoms with Gasteiger partial charge in [-0.05, 0) is 25.0 Å². The summed E-state index contributed by atoms with van der Waals surface area (Å²) in [6.45, 7) is 0.0429. The SMILES string of the molecule is O=C(Cn1cc(NC(=O)C2CC2)nn1)Nc1ccccc1. The molecule has 0 unspecified atom stereocenters. The van der Waals surface area contributed by atoms with Crippen LogP contribution >= 0.6 is 0 Å². The number of carbonyl (C=O) groups excluding carboxylic acids is 2. The van der Waals surface area contributed by atoms with E-state index in [2.05, 4.69) is 20.9 Å². The smallest absolute Gasteiger partial charge is 0.246 e. The molecular formula is C14H15N5O2. The fourth-order valence-electron chi connectivity index (χ4n) is 1.88. The largest absolute Gasteiger partial charge is 0.324 e. The Labute approximate surface area is 121 Å². The van der Waals surface area contributed by atoms with Crippen LogP contribution in [0.15, 0.2) is 36.5 Å². The van der Waals surface area contributed by atoms with Gasteiger partial charge in [0.15, 0.2) is 5.82 Å². The van der Waals surface area contributed by atoms with E-state index in [9.17, 15) is 9.59 Å². The Balaban J connectivity index is 1.54. The molecule has 3 rings (SSSR count). The zero-order chi connectivity index (χ0) is 14.7. The number of rotatable bonds is 5. The highest BCUT2D eigenvalue weighted by atomic mass is 16.2. The Hall–Kier alpha value is -2.70. The first-order valence-electron chi connectivity index (χ1n) is 6.76. The van der Waals surface area contributed by atoms with Crippen LogP contribution in [0.5, 0.6) is 0 Å². The monoisotopic (exact) mass is 285 g/mol. The van der Waals surface area contributed by atoms with Crippen molar-refractivity contribution in [2.24, 2.45) is 5.92 Å². The number of benzene rings is 1. The minimum Gasteiger partial charge on any atom is -0.324 e. The molecule has 7 heteroatoms. The molecule has 0 aliphatic heterocycles. The van der Waals surface area contributed by atoms with E-state index < -0.39 is 0 Å². The number of nitrogens with zero attached hydrogens (tertiary/aromatic N) is 3. The fraction of sp³-hybridized carbons (Fsp3) is 0.286. The van der Waals surface area contributed by atoms with Crippen LogP contribution in [0.25, 0.3) is 0 Å². The van der Waals surface area contributed by atoms with Gasteiger partial charge in [-0.3, -0.25) is 9.59 Å². The van der Waals surface area contributed by atoms with Crippen LogP contribution < -0.4 is 10.6 Å². The standard InChI is InChI=1S/C14H15N5O2/c20-13(15-11-4-2-1-3-5-11)9-19-8-12(17-18-19)16-14(21)10-6-7-10/h1-5,8,10H,6-7,9H2,(H,15,20)(H,16,21). The summed E-state index contributed by atoms with van der Waals surface area (Å²) in [7, 11) is 0. The molecule has 7 nitrogen and oxygen atoms in total. The first kappa shape index (κ1) is 13.3. The van der Waals surface area contributed by atoms with Gasteiger partial charge in [0, 0.05) is 11.6 Å². The van der Waals surface area contributed by atoms with E-state index >= 15 is 0 Å². The van der Waals surface area contributed by atoms with Gasteiger partial charge in [0.1, 0.15) is 6.54 Å². The van der Waals surface area contributed by atoms with Gasteiger partial charge in [-0.15, -0.1) is 5.10 Å². The Bertz CT molecular complexity index is 648. The number of nitrogens with one attached hydrogen (secondary N) is 2. The van der Waals surface area contributed by atoms with Gasteiger partial charge in [0.25, 0.3) is 0 Å². The van der Waals surface area contributed by atoms with Gasteiger partial charge in [0.05, 0.1) is 6.20 Å². The first-order chi connectivity index (χ1) is 10.2. The Morgan fingerprint density at radius 3 is 2.67 bits per heavy atom. The second-order valence-electron chi connectivity index (χ2n) is 4.98. The molecule has 0 spiro atoms. The van der Waals surface area contributed by atoms with Crippen LogP contribution in [-0.4, -0.2) is 26.8 Å². The molecule has 1 saturated carbocycles. The van der Waals surface area contributed by atoms with Crippen molar-refractivity contribution in [2.75, 3.05) is 10.6 Å². The maximum absolute atomic E-state index is 11.8. The quantitative estimate of drug-likeness (QED) is 0.865. The Kier molecular flexibility index (Phi) is 3.63. The van der Waals surface area contributed by atoms with Crippen LogP contribution in [0.2, 0.25) is 0 Å². The number of hydrogen-bond donors (Lipinski definition) is 2. The van der Waals surface area contributed by atoms with Gasteiger partial charge in [0.2, 0.25) is 11.8 Å². The third-order valence-electron chi connectivity index (χ3n) is 3.10. The summed E-state index contributed by atoms with van der Waals surface area (Å²) in [6.07, 6.45) is 3.41. The third kappa shape index (κ3) is 3.65. The lowest BCUT2D eigenvalue weighted by Gasteiger charge is -2.04. The lowest BCUT2D eigenvalue weighted by molar-refractivity contribution is -0.117. The summed E-state index contributed by atoms with van der Waals surface area (Å²) in [5.41, 5.74) is 0.727. The highest BCUT2D eigenvalue weighted by molar-refractivity contribution is 5.93. The maximum Gasteiger partial charge on any atom is 0.246 e. The molecule has 1 fully saturated rings. The highest BCUT2D eigenvalue weighted by Crippen LogP contribution is 2.29. The molecule has 1 aromatic heterocycles. The second kappa shape index (κ2) is 5.74. The van der Waals surface area contributed by atoms with Gasteiger partial charge < -0.3 is 10.6 Å². The summed E-state index contributed by atoms with van der Waals surface area (Å²) in [5, 5.41) is 13.1. The molecule has 2 aromatic rings. The minimum atomic E-state index is -0.203. The van der Waals surface area contributed by atoms with Crippen molar-refractivity contribution >= 4 is 23.3 Å². The molecule has 1 aliphatic rings. The average Bonchev–Trinajstić information content (AvgIpc) is 3.23. The van der Waals surface area contributed by atoms with E-state index in [1.807, 2.05) is 18.2 Å². The summed E-state index contributed by atoms with van der Waals surface area (Å²) < 4.78 is 1.39. The second-order valence-corrected chi connectivity index (χ2v) is 4.98. The molecule has 0 saturated heterocycles.